The summed E-state index contributed by atoms with van der Waals surface area (Å²) in [4.78, 5) is 26.9. The van der Waals surface area contributed by atoms with E-state index in [9.17, 15) is 9.59 Å². The van der Waals surface area contributed by atoms with Gasteiger partial charge in [-0.15, -0.1) is 0 Å². The minimum Gasteiger partial charge on any atom is -0.478 e. The van der Waals surface area contributed by atoms with E-state index in [1.165, 1.54) is 23.6 Å². The van der Waals surface area contributed by atoms with Crippen molar-refractivity contribution in [1.82, 2.24) is 4.98 Å². The summed E-state index contributed by atoms with van der Waals surface area (Å²) in [7, 11) is 0. The molecular weight excluding hydrogens is 252 g/mol. The van der Waals surface area contributed by atoms with Crippen molar-refractivity contribution in [3.05, 3.63) is 17.2 Å². The van der Waals surface area contributed by atoms with Crippen molar-refractivity contribution in [2.45, 2.75) is 27.2 Å². The van der Waals surface area contributed by atoms with Gasteiger partial charge >= 0.3 is 5.97 Å². The molecule has 0 unspecified atom stereocenters. The normalized spacial score (nSPS) is 11.7. The van der Waals surface area contributed by atoms with Gasteiger partial charge in [0.1, 0.15) is 0 Å². The number of hydrogen-bond acceptors (Lipinski definition) is 4. The molecule has 0 radical (unpaired) electrons. The fourth-order valence-electron chi connectivity index (χ4n) is 1.00. The number of hydrogen-bond donors (Lipinski definition) is 2. The highest BCUT2D eigenvalue weighted by molar-refractivity contribution is 7.16. The van der Waals surface area contributed by atoms with Crippen LogP contribution in [0.25, 0.3) is 6.08 Å². The van der Waals surface area contributed by atoms with E-state index in [2.05, 4.69) is 10.3 Å². The molecule has 0 aliphatic heterocycles. The van der Waals surface area contributed by atoms with Crippen LogP contribution in [-0.4, -0.2) is 22.0 Å². The van der Waals surface area contributed by atoms with Crippen molar-refractivity contribution in [3.63, 3.8) is 0 Å². The van der Waals surface area contributed by atoms with E-state index in [1.54, 1.807) is 0 Å². The summed E-state index contributed by atoms with van der Waals surface area (Å²) in [5, 5.41) is 11.7. The van der Waals surface area contributed by atoms with Gasteiger partial charge < -0.3 is 10.4 Å². The number of amides is 1. The molecule has 1 rings (SSSR count). The van der Waals surface area contributed by atoms with Crippen LogP contribution in [0.5, 0.6) is 0 Å². The van der Waals surface area contributed by atoms with Crippen molar-refractivity contribution in [2.75, 3.05) is 5.32 Å². The van der Waals surface area contributed by atoms with Gasteiger partial charge in [0.2, 0.25) is 5.91 Å². The third-order valence-electron chi connectivity index (χ3n) is 2.63. The molecule has 0 atom stereocenters. The lowest BCUT2D eigenvalue weighted by Crippen LogP contribution is -2.29. The summed E-state index contributed by atoms with van der Waals surface area (Å²) in [6, 6.07) is 0. The number of nitrogens with one attached hydrogen (secondary N) is 1. The van der Waals surface area contributed by atoms with Crippen molar-refractivity contribution in [1.29, 1.82) is 0 Å². The van der Waals surface area contributed by atoms with E-state index < -0.39 is 11.4 Å². The minimum absolute atomic E-state index is 0.0897. The van der Waals surface area contributed by atoms with Gasteiger partial charge in [0, 0.05) is 22.6 Å². The predicted molar refractivity (Wildman–Crippen MR) is 71.5 cm³/mol. The standard InChI is InChI=1S/C12H16N2O3S/c1-4-12(2,3)10(17)14-11-13-7-8(18-11)5-6-9(15)16/h5-7H,4H2,1-3H3,(H,15,16)(H,13,14,17). The molecule has 1 aromatic heterocycles. The van der Waals surface area contributed by atoms with E-state index in [1.807, 2.05) is 20.8 Å². The summed E-state index contributed by atoms with van der Waals surface area (Å²) >= 11 is 1.24. The molecule has 1 amide bonds. The van der Waals surface area contributed by atoms with Crippen LogP contribution in [0.4, 0.5) is 5.13 Å². The second-order valence-electron chi connectivity index (χ2n) is 4.43. The van der Waals surface area contributed by atoms with E-state index in [0.29, 0.717) is 10.0 Å². The number of rotatable bonds is 5. The summed E-state index contributed by atoms with van der Waals surface area (Å²) in [6.07, 6.45) is 4.74. The Bertz CT molecular complexity index is 477. The summed E-state index contributed by atoms with van der Waals surface area (Å²) in [5.41, 5.74) is -0.442. The van der Waals surface area contributed by atoms with Crippen LogP contribution in [0.1, 0.15) is 32.1 Å². The lowest BCUT2D eigenvalue weighted by molar-refractivity contribution is -0.131. The van der Waals surface area contributed by atoms with Gasteiger partial charge in [-0.05, 0) is 12.5 Å². The Hall–Kier alpha value is -1.69. The topological polar surface area (TPSA) is 79.3 Å². The van der Waals surface area contributed by atoms with E-state index in [0.717, 1.165) is 12.5 Å². The molecule has 2 N–H and O–H groups in total. The highest BCUT2D eigenvalue weighted by Crippen LogP contribution is 2.25. The van der Waals surface area contributed by atoms with Gasteiger partial charge in [0.25, 0.3) is 0 Å². The van der Waals surface area contributed by atoms with Crippen molar-refractivity contribution in [3.8, 4) is 0 Å². The van der Waals surface area contributed by atoms with Crippen LogP contribution in [0.15, 0.2) is 12.3 Å². The maximum atomic E-state index is 11.9. The average molecular weight is 268 g/mol. The number of carboxylic acids is 1. The summed E-state index contributed by atoms with van der Waals surface area (Å²) in [5.74, 6) is -1.10. The molecular formula is C12H16N2O3S. The van der Waals surface area contributed by atoms with E-state index in [-0.39, 0.29) is 5.91 Å². The van der Waals surface area contributed by atoms with Crippen LogP contribution in [0.2, 0.25) is 0 Å². The molecule has 0 saturated carbocycles. The van der Waals surface area contributed by atoms with Gasteiger partial charge in [0.15, 0.2) is 5.13 Å². The molecule has 0 saturated heterocycles. The van der Waals surface area contributed by atoms with Gasteiger partial charge in [-0.1, -0.05) is 32.1 Å². The number of thiazole rings is 1. The van der Waals surface area contributed by atoms with Crippen molar-refractivity contribution < 1.29 is 14.7 Å². The van der Waals surface area contributed by atoms with E-state index >= 15 is 0 Å². The van der Waals surface area contributed by atoms with Crippen LogP contribution >= 0.6 is 11.3 Å². The summed E-state index contributed by atoms with van der Waals surface area (Å²) in [6.45, 7) is 5.67. The molecule has 0 spiro atoms. The largest absolute Gasteiger partial charge is 0.478 e. The number of nitrogens with zero attached hydrogens (tertiary/aromatic N) is 1. The molecule has 0 bridgehead atoms. The number of carboxylic acid groups (broad SMARTS) is 1. The monoisotopic (exact) mass is 268 g/mol. The maximum Gasteiger partial charge on any atom is 0.328 e. The van der Waals surface area contributed by atoms with Crippen molar-refractivity contribution >= 4 is 34.4 Å². The van der Waals surface area contributed by atoms with Crippen LogP contribution < -0.4 is 5.32 Å². The fraction of sp³-hybridized carbons (Fsp3) is 0.417. The van der Waals surface area contributed by atoms with Gasteiger partial charge in [-0.3, -0.25) is 4.79 Å². The molecule has 98 valence electrons. The Balaban J connectivity index is 2.70. The highest BCUT2D eigenvalue weighted by atomic mass is 32.1. The molecule has 0 aliphatic rings. The van der Waals surface area contributed by atoms with E-state index in [4.69, 9.17) is 5.11 Å². The number of anilines is 1. The molecule has 18 heavy (non-hydrogen) atoms. The first-order chi connectivity index (χ1) is 8.35. The minimum atomic E-state index is -1.01. The second kappa shape index (κ2) is 5.77. The van der Waals surface area contributed by atoms with Crippen molar-refractivity contribution in [2.24, 2.45) is 5.41 Å². The Kier molecular flexibility index (Phi) is 4.61. The molecule has 6 heteroatoms. The first kappa shape index (κ1) is 14.4. The average Bonchev–Trinajstić information content (AvgIpc) is 2.74. The number of carbonyl (C=O) groups excluding carboxylic acids is 1. The first-order valence-electron chi connectivity index (χ1n) is 5.53. The van der Waals surface area contributed by atoms with Gasteiger partial charge in [0.05, 0.1) is 0 Å². The maximum absolute atomic E-state index is 11.9. The molecule has 0 aliphatic carbocycles. The lowest BCUT2D eigenvalue weighted by atomic mass is 9.89. The zero-order valence-electron chi connectivity index (χ0n) is 10.6. The highest BCUT2D eigenvalue weighted by Gasteiger charge is 2.25. The third-order valence-corrected chi connectivity index (χ3v) is 3.51. The Morgan fingerprint density at radius 1 is 1.56 bits per heavy atom. The van der Waals surface area contributed by atoms with Crippen LogP contribution in [-0.2, 0) is 9.59 Å². The zero-order chi connectivity index (χ0) is 13.8. The van der Waals surface area contributed by atoms with Gasteiger partial charge in [-0.2, -0.15) is 0 Å². The predicted octanol–water partition coefficient (Wildman–Crippen LogP) is 2.62. The molecule has 0 fully saturated rings. The third kappa shape index (κ3) is 3.96. The number of aliphatic carboxylic acids is 1. The first-order valence-corrected chi connectivity index (χ1v) is 6.35. The molecule has 1 aromatic rings. The summed E-state index contributed by atoms with van der Waals surface area (Å²) < 4.78 is 0. The fourth-order valence-corrected chi connectivity index (χ4v) is 1.72. The molecule has 5 nitrogen and oxygen atoms in total. The smallest absolute Gasteiger partial charge is 0.328 e. The number of aromatic nitrogens is 1. The lowest BCUT2D eigenvalue weighted by Gasteiger charge is -2.20. The second-order valence-corrected chi connectivity index (χ2v) is 5.49. The Labute approximate surface area is 110 Å². The zero-order valence-corrected chi connectivity index (χ0v) is 11.4. The molecule has 1 heterocycles. The van der Waals surface area contributed by atoms with Crippen LogP contribution in [0.3, 0.4) is 0 Å². The molecule has 0 aromatic carbocycles. The van der Waals surface area contributed by atoms with Gasteiger partial charge in [-0.25, -0.2) is 9.78 Å². The number of carbonyl (C=O) groups is 2. The SMILES string of the molecule is CCC(C)(C)C(=O)Nc1ncc(C=CC(=O)O)s1. The Morgan fingerprint density at radius 2 is 2.22 bits per heavy atom. The van der Waals surface area contributed by atoms with Crippen LogP contribution in [0, 0.1) is 5.41 Å². The Morgan fingerprint density at radius 3 is 2.78 bits per heavy atom. The quantitative estimate of drug-likeness (QED) is 0.804.